The minimum atomic E-state index is -0.965. The molecule has 0 aliphatic carbocycles. The van der Waals surface area contributed by atoms with Gasteiger partial charge in [-0.05, 0) is 52.2 Å². The van der Waals surface area contributed by atoms with E-state index >= 15 is 0 Å². The van der Waals surface area contributed by atoms with Crippen molar-refractivity contribution in [2.75, 3.05) is 38.6 Å². The molecule has 0 radical (unpaired) electrons. The Labute approximate surface area is 124 Å². The lowest BCUT2D eigenvalue weighted by molar-refractivity contribution is 0.0697. The average Bonchev–Trinajstić information content (AvgIpc) is 2.85. The average molecular weight is 291 g/mol. The summed E-state index contributed by atoms with van der Waals surface area (Å²) < 4.78 is 5.71. The topological polar surface area (TPSA) is 69.8 Å². The van der Waals surface area contributed by atoms with Gasteiger partial charge in [-0.3, -0.25) is 0 Å². The van der Waals surface area contributed by atoms with Gasteiger partial charge in [-0.25, -0.2) is 4.79 Å². The Morgan fingerprint density at radius 3 is 2.71 bits per heavy atom. The molecule has 0 saturated heterocycles. The summed E-state index contributed by atoms with van der Waals surface area (Å²) in [6.45, 7) is 4.70. The fraction of sp³-hybridized carbons (Fsp3) is 0.467. The van der Waals surface area contributed by atoms with Crippen LogP contribution in [0.25, 0.3) is 11.1 Å². The van der Waals surface area contributed by atoms with Crippen LogP contribution in [-0.2, 0) is 0 Å². The van der Waals surface area contributed by atoms with Crippen molar-refractivity contribution in [1.29, 1.82) is 0 Å². The molecule has 114 valence electrons. The SMILES string of the molecule is CCN(CCCN(C)C)c1nc2ccc(C(=O)O)cc2o1. The van der Waals surface area contributed by atoms with Crippen molar-refractivity contribution < 1.29 is 14.3 Å². The first-order chi connectivity index (χ1) is 10.0. The minimum absolute atomic E-state index is 0.209. The van der Waals surface area contributed by atoms with Gasteiger partial charge in [0.1, 0.15) is 5.52 Å². The van der Waals surface area contributed by atoms with E-state index in [2.05, 4.69) is 14.8 Å². The Balaban J connectivity index is 2.17. The van der Waals surface area contributed by atoms with Crippen LogP contribution >= 0.6 is 0 Å². The summed E-state index contributed by atoms with van der Waals surface area (Å²) >= 11 is 0. The van der Waals surface area contributed by atoms with E-state index in [9.17, 15) is 4.79 Å². The first-order valence-corrected chi connectivity index (χ1v) is 7.05. The number of aromatic nitrogens is 1. The van der Waals surface area contributed by atoms with E-state index in [0.29, 0.717) is 17.1 Å². The molecule has 2 aromatic rings. The van der Waals surface area contributed by atoms with Crippen LogP contribution in [0.15, 0.2) is 22.6 Å². The van der Waals surface area contributed by atoms with Crippen LogP contribution in [0.3, 0.4) is 0 Å². The van der Waals surface area contributed by atoms with Crippen LogP contribution in [0.2, 0.25) is 0 Å². The molecule has 0 atom stereocenters. The molecule has 0 aliphatic rings. The number of oxazole rings is 1. The number of aromatic carboxylic acids is 1. The Morgan fingerprint density at radius 1 is 1.33 bits per heavy atom. The lowest BCUT2D eigenvalue weighted by atomic mass is 10.2. The third-order valence-electron chi connectivity index (χ3n) is 3.31. The Bertz CT molecular complexity index is 622. The number of rotatable bonds is 7. The van der Waals surface area contributed by atoms with Gasteiger partial charge in [-0.1, -0.05) is 0 Å². The van der Waals surface area contributed by atoms with Crippen molar-refractivity contribution in [3.05, 3.63) is 23.8 Å². The van der Waals surface area contributed by atoms with Crippen LogP contribution in [0.5, 0.6) is 0 Å². The van der Waals surface area contributed by atoms with Crippen LogP contribution in [-0.4, -0.2) is 54.7 Å². The van der Waals surface area contributed by atoms with E-state index in [1.54, 1.807) is 12.1 Å². The normalized spacial score (nSPS) is 11.2. The number of hydrogen-bond donors (Lipinski definition) is 1. The van der Waals surface area contributed by atoms with E-state index in [-0.39, 0.29) is 5.56 Å². The molecular formula is C15H21N3O3. The highest BCUT2D eigenvalue weighted by Crippen LogP contribution is 2.23. The number of nitrogens with zero attached hydrogens (tertiary/aromatic N) is 3. The van der Waals surface area contributed by atoms with E-state index in [1.165, 1.54) is 6.07 Å². The van der Waals surface area contributed by atoms with Gasteiger partial charge in [0.15, 0.2) is 5.58 Å². The van der Waals surface area contributed by atoms with Crippen molar-refractivity contribution in [2.24, 2.45) is 0 Å². The maximum Gasteiger partial charge on any atom is 0.335 e. The molecule has 0 aliphatic heterocycles. The monoisotopic (exact) mass is 291 g/mol. The number of carbonyl (C=O) groups is 1. The highest BCUT2D eigenvalue weighted by atomic mass is 16.4. The van der Waals surface area contributed by atoms with Crippen molar-refractivity contribution in [3.8, 4) is 0 Å². The number of carboxylic acids is 1. The molecule has 0 unspecified atom stereocenters. The third kappa shape index (κ3) is 3.72. The summed E-state index contributed by atoms with van der Waals surface area (Å²) in [4.78, 5) is 19.6. The van der Waals surface area contributed by atoms with Gasteiger partial charge in [0, 0.05) is 13.1 Å². The third-order valence-corrected chi connectivity index (χ3v) is 3.31. The Hall–Kier alpha value is -2.08. The molecule has 2 rings (SSSR count). The van der Waals surface area contributed by atoms with Gasteiger partial charge >= 0.3 is 5.97 Å². The number of fused-ring (bicyclic) bond motifs is 1. The zero-order valence-electron chi connectivity index (χ0n) is 12.7. The van der Waals surface area contributed by atoms with Crippen LogP contribution in [0.4, 0.5) is 6.01 Å². The number of anilines is 1. The Morgan fingerprint density at radius 2 is 2.10 bits per heavy atom. The van der Waals surface area contributed by atoms with Gasteiger partial charge in [0.2, 0.25) is 0 Å². The van der Waals surface area contributed by atoms with Gasteiger partial charge in [0.05, 0.1) is 5.56 Å². The summed E-state index contributed by atoms with van der Waals surface area (Å²) in [6, 6.07) is 5.29. The van der Waals surface area contributed by atoms with Crippen LogP contribution < -0.4 is 4.90 Å². The zero-order valence-corrected chi connectivity index (χ0v) is 12.7. The fourth-order valence-electron chi connectivity index (χ4n) is 2.15. The minimum Gasteiger partial charge on any atom is -0.478 e. The number of carboxylic acid groups (broad SMARTS) is 1. The molecule has 6 heteroatoms. The highest BCUT2D eigenvalue weighted by Gasteiger charge is 2.14. The molecule has 0 fully saturated rings. The molecule has 0 amide bonds. The molecule has 6 nitrogen and oxygen atoms in total. The van der Waals surface area contributed by atoms with Gasteiger partial charge in [-0.2, -0.15) is 4.98 Å². The Kier molecular flexibility index (Phi) is 4.80. The zero-order chi connectivity index (χ0) is 15.4. The maximum atomic E-state index is 11.0. The van der Waals surface area contributed by atoms with Gasteiger partial charge in [0.25, 0.3) is 6.01 Å². The molecule has 21 heavy (non-hydrogen) atoms. The summed E-state index contributed by atoms with van der Waals surface area (Å²) in [5.41, 5.74) is 1.40. The summed E-state index contributed by atoms with van der Waals surface area (Å²) in [5, 5.41) is 9.00. The largest absolute Gasteiger partial charge is 0.478 e. The molecule has 0 spiro atoms. The summed E-state index contributed by atoms with van der Waals surface area (Å²) in [5.74, 6) is -0.965. The lowest BCUT2D eigenvalue weighted by Crippen LogP contribution is -2.27. The van der Waals surface area contributed by atoms with E-state index in [4.69, 9.17) is 9.52 Å². The molecule has 1 heterocycles. The highest BCUT2D eigenvalue weighted by molar-refractivity contribution is 5.92. The second-order valence-electron chi connectivity index (χ2n) is 5.22. The predicted octanol–water partition coefficient (Wildman–Crippen LogP) is 2.30. The van der Waals surface area contributed by atoms with Crippen molar-refractivity contribution >= 4 is 23.1 Å². The van der Waals surface area contributed by atoms with Crippen molar-refractivity contribution in [1.82, 2.24) is 9.88 Å². The fourth-order valence-corrected chi connectivity index (χ4v) is 2.15. The molecule has 1 N–H and O–H groups in total. The van der Waals surface area contributed by atoms with E-state index in [0.717, 1.165) is 26.1 Å². The van der Waals surface area contributed by atoms with Gasteiger partial charge < -0.3 is 19.3 Å². The summed E-state index contributed by atoms with van der Waals surface area (Å²) in [6.07, 6.45) is 1.01. The lowest BCUT2D eigenvalue weighted by Gasteiger charge is -2.19. The molecular weight excluding hydrogens is 270 g/mol. The molecule has 0 bridgehead atoms. The predicted molar refractivity (Wildman–Crippen MR) is 82.0 cm³/mol. The van der Waals surface area contributed by atoms with E-state index in [1.807, 2.05) is 21.0 Å². The first-order valence-electron chi connectivity index (χ1n) is 7.05. The smallest absolute Gasteiger partial charge is 0.335 e. The van der Waals surface area contributed by atoms with Crippen molar-refractivity contribution in [2.45, 2.75) is 13.3 Å². The number of hydrogen-bond acceptors (Lipinski definition) is 5. The quantitative estimate of drug-likeness (QED) is 0.844. The van der Waals surface area contributed by atoms with Crippen molar-refractivity contribution in [3.63, 3.8) is 0 Å². The van der Waals surface area contributed by atoms with Crippen LogP contribution in [0.1, 0.15) is 23.7 Å². The second-order valence-corrected chi connectivity index (χ2v) is 5.22. The standard InChI is InChI=1S/C15H21N3O3/c1-4-18(9-5-8-17(2)3)15-16-12-7-6-11(14(19)20)10-13(12)21-15/h6-7,10H,4-5,8-9H2,1-3H3,(H,19,20). The van der Waals surface area contributed by atoms with E-state index < -0.39 is 5.97 Å². The van der Waals surface area contributed by atoms with Crippen LogP contribution in [0, 0.1) is 0 Å². The summed E-state index contributed by atoms with van der Waals surface area (Å²) in [7, 11) is 4.09. The molecule has 1 aromatic heterocycles. The number of benzene rings is 1. The molecule has 1 aromatic carbocycles. The molecule has 0 saturated carbocycles. The maximum absolute atomic E-state index is 11.0. The van der Waals surface area contributed by atoms with Gasteiger partial charge in [-0.15, -0.1) is 0 Å². The first kappa shape index (κ1) is 15.3. The second kappa shape index (κ2) is 6.58.